The molecule has 4 amide bonds. The first-order chi connectivity index (χ1) is 13.8. The molecule has 2 aromatic rings. The summed E-state index contributed by atoms with van der Waals surface area (Å²) in [6.07, 6.45) is 1.37. The van der Waals surface area contributed by atoms with Gasteiger partial charge < -0.3 is 10.2 Å². The maximum atomic E-state index is 12.9. The number of carbonyl (C=O) groups excluding carboxylic acids is 3. The van der Waals surface area contributed by atoms with Crippen LogP contribution in [0.4, 0.5) is 4.79 Å². The lowest BCUT2D eigenvalue weighted by atomic mass is 10.0. The summed E-state index contributed by atoms with van der Waals surface area (Å²) in [7, 11) is 1.93. The van der Waals surface area contributed by atoms with Gasteiger partial charge in [0.05, 0.1) is 5.69 Å². The molecule has 8 heteroatoms. The van der Waals surface area contributed by atoms with Gasteiger partial charge in [0, 0.05) is 43.4 Å². The van der Waals surface area contributed by atoms with Gasteiger partial charge in [0.2, 0.25) is 5.91 Å². The van der Waals surface area contributed by atoms with Gasteiger partial charge in [-0.15, -0.1) is 0 Å². The predicted molar refractivity (Wildman–Crippen MR) is 107 cm³/mol. The second kappa shape index (κ2) is 7.02. The average molecular weight is 395 g/mol. The van der Waals surface area contributed by atoms with E-state index < -0.39 is 11.6 Å². The van der Waals surface area contributed by atoms with Gasteiger partial charge in [-0.3, -0.25) is 19.2 Å². The normalized spacial score (nSPS) is 18.4. The number of hydrogen-bond donors (Lipinski definition) is 1. The van der Waals surface area contributed by atoms with Crippen LogP contribution in [0.3, 0.4) is 0 Å². The molecule has 2 aliphatic rings. The van der Waals surface area contributed by atoms with Crippen molar-refractivity contribution in [3.8, 4) is 11.3 Å². The minimum atomic E-state index is -0.970. The van der Waals surface area contributed by atoms with Crippen molar-refractivity contribution in [3.05, 3.63) is 41.6 Å². The number of nitrogens with one attached hydrogen (secondary N) is 1. The molecule has 1 fully saturated rings. The van der Waals surface area contributed by atoms with Crippen molar-refractivity contribution < 1.29 is 14.4 Å². The number of aryl methyl sites for hydroxylation is 1. The van der Waals surface area contributed by atoms with Crippen molar-refractivity contribution in [1.29, 1.82) is 0 Å². The zero-order valence-electron chi connectivity index (χ0n) is 16.9. The van der Waals surface area contributed by atoms with Gasteiger partial charge >= 0.3 is 6.03 Å². The van der Waals surface area contributed by atoms with Crippen LogP contribution < -0.4 is 5.32 Å². The Morgan fingerprint density at radius 3 is 2.48 bits per heavy atom. The summed E-state index contributed by atoms with van der Waals surface area (Å²) in [5.41, 5.74) is 3.32. The van der Waals surface area contributed by atoms with Gasteiger partial charge in [0.15, 0.2) is 0 Å². The number of hydrogen-bond acceptors (Lipinski definition) is 4. The number of aromatic nitrogens is 2. The maximum absolute atomic E-state index is 12.9. The molecule has 0 saturated carbocycles. The van der Waals surface area contributed by atoms with Crippen LogP contribution in [0.2, 0.25) is 0 Å². The summed E-state index contributed by atoms with van der Waals surface area (Å²) in [6, 6.07) is 9.51. The second-order valence-electron chi connectivity index (χ2n) is 8.09. The molecule has 29 heavy (non-hydrogen) atoms. The van der Waals surface area contributed by atoms with Crippen molar-refractivity contribution in [2.24, 2.45) is 7.05 Å². The quantitative estimate of drug-likeness (QED) is 0.795. The summed E-state index contributed by atoms with van der Waals surface area (Å²) in [5, 5.41) is 7.31. The van der Waals surface area contributed by atoms with Crippen molar-refractivity contribution in [2.45, 2.75) is 32.2 Å². The number of carbonyl (C=O) groups is 3. The molecule has 1 N–H and O–H groups in total. The van der Waals surface area contributed by atoms with E-state index in [4.69, 9.17) is 5.10 Å². The summed E-state index contributed by atoms with van der Waals surface area (Å²) >= 11 is 0. The number of amides is 4. The molecule has 8 nitrogen and oxygen atoms in total. The predicted octanol–water partition coefficient (Wildman–Crippen LogP) is 1.34. The zero-order chi connectivity index (χ0) is 20.8. The molecular formula is C21H25N5O3. The monoisotopic (exact) mass is 395 g/mol. The second-order valence-corrected chi connectivity index (χ2v) is 8.09. The lowest BCUT2D eigenvalue weighted by molar-refractivity contribution is -0.138. The summed E-state index contributed by atoms with van der Waals surface area (Å²) in [6.45, 7) is 4.11. The van der Waals surface area contributed by atoms with Crippen LogP contribution in [0.1, 0.15) is 25.1 Å². The number of nitrogens with zero attached hydrogens (tertiary/aromatic N) is 4. The molecule has 0 aliphatic carbocycles. The molecular weight excluding hydrogens is 370 g/mol. The number of benzene rings is 1. The van der Waals surface area contributed by atoms with E-state index in [0.717, 1.165) is 27.4 Å². The van der Waals surface area contributed by atoms with Crippen LogP contribution in [0.5, 0.6) is 0 Å². The van der Waals surface area contributed by atoms with Gasteiger partial charge in [-0.05, 0) is 20.3 Å². The van der Waals surface area contributed by atoms with Crippen molar-refractivity contribution >= 4 is 17.8 Å². The molecule has 0 unspecified atom stereocenters. The standard InChI is InChI=1S/C21H25N5O3/c1-21(2)19(28)26(20(29)22-21)13-17(27)25-11-9-15-16(10-12-25)24(3)23-18(15)14-7-5-4-6-8-14/h4-8H,9-13H2,1-3H3,(H,22,29). The first kappa shape index (κ1) is 19.2. The Morgan fingerprint density at radius 1 is 1.14 bits per heavy atom. The molecule has 1 saturated heterocycles. The van der Waals surface area contributed by atoms with E-state index in [1.807, 2.05) is 42.1 Å². The molecule has 3 heterocycles. The Bertz CT molecular complexity index is 980. The van der Waals surface area contributed by atoms with E-state index in [2.05, 4.69) is 5.32 Å². The summed E-state index contributed by atoms with van der Waals surface area (Å²) in [5.74, 6) is -0.585. The molecule has 2 aliphatic heterocycles. The number of rotatable bonds is 3. The van der Waals surface area contributed by atoms with Crippen LogP contribution in [0.15, 0.2) is 30.3 Å². The maximum Gasteiger partial charge on any atom is 0.325 e. The summed E-state index contributed by atoms with van der Waals surface area (Å²) < 4.78 is 1.89. The Morgan fingerprint density at radius 2 is 1.83 bits per heavy atom. The third kappa shape index (κ3) is 3.39. The van der Waals surface area contributed by atoms with Crippen molar-refractivity contribution in [2.75, 3.05) is 19.6 Å². The van der Waals surface area contributed by atoms with Gasteiger partial charge in [0.25, 0.3) is 5.91 Å². The Labute approximate surface area is 169 Å². The van der Waals surface area contributed by atoms with Crippen LogP contribution in [0.25, 0.3) is 11.3 Å². The molecule has 0 bridgehead atoms. The van der Waals surface area contributed by atoms with E-state index in [-0.39, 0.29) is 18.4 Å². The topological polar surface area (TPSA) is 87.5 Å². The zero-order valence-corrected chi connectivity index (χ0v) is 16.9. The minimum Gasteiger partial charge on any atom is -0.340 e. The first-order valence-corrected chi connectivity index (χ1v) is 9.80. The first-order valence-electron chi connectivity index (χ1n) is 9.80. The lowest BCUT2D eigenvalue weighted by Gasteiger charge is -2.23. The molecule has 0 atom stereocenters. The third-order valence-corrected chi connectivity index (χ3v) is 5.66. The highest BCUT2D eigenvalue weighted by molar-refractivity contribution is 6.08. The lowest BCUT2D eigenvalue weighted by Crippen LogP contribution is -2.45. The van der Waals surface area contributed by atoms with Gasteiger partial charge in [0.1, 0.15) is 12.1 Å². The highest BCUT2D eigenvalue weighted by Crippen LogP contribution is 2.28. The average Bonchev–Trinajstić information content (AvgIpc) is 2.97. The van der Waals surface area contributed by atoms with E-state index in [0.29, 0.717) is 25.9 Å². The van der Waals surface area contributed by atoms with Crippen molar-refractivity contribution in [3.63, 3.8) is 0 Å². The SMILES string of the molecule is Cn1nc(-c2ccccc2)c2c1CCN(C(=O)CN1C(=O)NC(C)(C)C1=O)CC2. The van der Waals surface area contributed by atoms with Gasteiger partial charge in [-0.25, -0.2) is 4.79 Å². The molecule has 4 rings (SSSR count). The Hall–Kier alpha value is -3.16. The fourth-order valence-corrected chi connectivity index (χ4v) is 4.05. The Balaban J connectivity index is 1.50. The van der Waals surface area contributed by atoms with Crippen LogP contribution in [-0.4, -0.2) is 62.6 Å². The smallest absolute Gasteiger partial charge is 0.325 e. The number of imide groups is 1. The number of urea groups is 1. The van der Waals surface area contributed by atoms with Gasteiger partial charge in [-0.1, -0.05) is 30.3 Å². The fraction of sp³-hybridized carbons (Fsp3) is 0.429. The highest BCUT2D eigenvalue weighted by atomic mass is 16.2. The minimum absolute atomic E-state index is 0.215. The molecule has 152 valence electrons. The van der Waals surface area contributed by atoms with Crippen molar-refractivity contribution in [1.82, 2.24) is 24.9 Å². The highest BCUT2D eigenvalue weighted by Gasteiger charge is 2.45. The van der Waals surface area contributed by atoms with E-state index in [9.17, 15) is 14.4 Å². The van der Waals surface area contributed by atoms with Gasteiger partial charge in [-0.2, -0.15) is 5.10 Å². The fourth-order valence-electron chi connectivity index (χ4n) is 4.05. The number of fused-ring (bicyclic) bond motifs is 1. The van der Waals surface area contributed by atoms with E-state index in [1.165, 1.54) is 0 Å². The molecule has 1 aromatic carbocycles. The Kier molecular flexibility index (Phi) is 4.64. The third-order valence-electron chi connectivity index (χ3n) is 5.66. The summed E-state index contributed by atoms with van der Waals surface area (Å²) in [4.78, 5) is 40.0. The van der Waals surface area contributed by atoms with E-state index in [1.54, 1.807) is 18.7 Å². The molecule has 0 radical (unpaired) electrons. The molecule has 1 aromatic heterocycles. The van der Waals surface area contributed by atoms with Crippen LogP contribution >= 0.6 is 0 Å². The van der Waals surface area contributed by atoms with Crippen LogP contribution in [0, 0.1) is 0 Å². The molecule has 0 spiro atoms. The van der Waals surface area contributed by atoms with E-state index >= 15 is 0 Å². The van der Waals surface area contributed by atoms with Crippen LogP contribution in [-0.2, 0) is 29.5 Å². The largest absolute Gasteiger partial charge is 0.340 e.